The molecule has 0 aliphatic carbocycles. The molecule has 0 saturated carbocycles. The summed E-state index contributed by atoms with van der Waals surface area (Å²) in [6.45, 7) is 0. The molecule has 2 aromatic carbocycles. The Balaban J connectivity index is 2.15. The second-order valence-electron chi connectivity index (χ2n) is 4.25. The van der Waals surface area contributed by atoms with Gasteiger partial charge in [-0.2, -0.15) is 0 Å². The van der Waals surface area contributed by atoms with Crippen LogP contribution in [0.15, 0.2) is 59.7 Å². The molecular formula is C15H9ClN2O2. The molecule has 0 fully saturated rings. The van der Waals surface area contributed by atoms with E-state index in [4.69, 9.17) is 11.6 Å². The predicted octanol–water partition coefficient (Wildman–Crippen LogP) is 2.74. The van der Waals surface area contributed by atoms with Gasteiger partial charge in [0.2, 0.25) is 0 Å². The molecule has 20 heavy (non-hydrogen) atoms. The van der Waals surface area contributed by atoms with E-state index in [1.807, 2.05) is 0 Å². The van der Waals surface area contributed by atoms with Crippen LogP contribution in [-0.4, -0.2) is 15.5 Å². The maximum atomic E-state index is 12.3. The molecule has 0 amide bonds. The van der Waals surface area contributed by atoms with Gasteiger partial charge in [0.05, 0.1) is 10.9 Å². The fourth-order valence-electron chi connectivity index (χ4n) is 1.95. The molecule has 4 nitrogen and oxygen atoms in total. The quantitative estimate of drug-likeness (QED) is 0.690. The normalized spacial score (nSPS) is 10.7. The summed E-state index contributed by atoms with van der Waals surface area (Å²) in [7, 11) is 0. The third-order valence-electron chi connectivity index (χ3n) is 2.98. The Morgan fingerprint density at radius 1 is 1.05 bits per heavy atom. The average molecular weight is 285 g/mol. The van der Waals surface area contributed by atoms with Gasteiger partial charge in [-0.15, -0.1) is 0 Å². The SMILES string of the molecule is O=C(c1ccc(Cl)cc1)n1cnc2ccccc2c1=O. The Bertz CT molecular complexity index is 854. The Morgan fingerprint density at radius 2 is 1.75 bits per heavy atom. The number of aromatic nitrogens is 2. The van der Waals surface area contributed by atoms with E-state index in [2.05, 4.69) is 4.98 Å². The molecule has 0 unspecified atom stereocenters. The number of benzene rings is 2. The summed E-state index contributed by atoms with van der Waals surface area (Å²) in [5.74, 6) is -0.426. The Morgan fingerprint density at radius 3 is 2.50 bits per heavy atom. The van der Waals surface area contributed by atoms with Gasteiger partial charge in [-0.3, -0.25) is 9.59 Å². The molecule has 0 saturated heterocycles. The summed E-state index contributed by atoms with van der Waals surface area (Å²) < 4.78 is 1.01. The molecule has 98 valence electrons. The van der Waals surface area contributed by atoms with Gasteiger partial charge in [0.1, 0.15) is 6.33 Å². The van der Waals surface area contributed by atoms with E-state index in [1.54, 1.807) is 48.5 Å². The first kappa shape index (κ1) is 12.6. The highest BCUT2D eigenvalue weighted by molar-refractivity contribution is 6.30. The zero-order valence-corrected chi connectivity index (χ0v) is 11.0. The number of rotatable bonds is 1. The smallest absolute Gasteiger partial charge is 0.268 e. The van der Waals surface area contributed by atoms with E-state index >= 15 is 0 Å². The van der Waals surface area contributed by atoms with Gasteiger partial charge in [0.15, 0.2) is 0 Å². The molecule has 0 spiro atoms. The van der Waals surface area contributed by atoms with E-state index < -0.39 is 5.91 Å². The largest absolute Gasteiger partial charge is 0.268 e. The van der Waals surface area contributed by atoms with Gasteiger partial charge in [-0.1, -0.05) is 23.7 Å². The Kier molecular flexibility index (Phi) is 3.08. The van der Waals surface area contributed by atoms with Crippen molar-refractivity contribution in [1.29, 1.82) is 0 Å². The van der Waals surface area contributed by atoms with Gasteiger partial charge in [-0.05, 0) is 36.4 Å². The fourth-order valence-corrected chi connectivity index (χ4v) is 2.07. The van der Waals surface area contributed by atoms with Crippen molar-refractivity contribution in [2.45, 2.75) is 0 Å². The molecule has 0 N–H and O–H groups in total. The van der Waals surface area contributed by atoms with E-state index in [0.29, 0.717) is 21.5 Å². The summed E-state index contributed by atoms with van der Waals surface area (Å²) in [4.78, 5) is 28.7. The van der Waals surface area contributed by atoms with Crippen molar-refractivity contribution in [3.8, 4) is 0 Å². The molecule has 3 rings (SSSR count). The number of halogens is 1. The van der Waals surface area contributed by atoms with Crippen molar-refractivity contribution in [1.82, 2.24) is 9.55 Å². The first-order valence-electron chi connectivity index (χ1n) is 5.93. The lowest BCUT2D eigenvalue weighted by Gasteiger charge is -2.05. The van der Waals surface area contributed by atoms with Crippen LogP contribution < -0.4 is 5.56 Å². The third-order valence-corrected chi connectivity index (χ3v) is 3.23. The number of carbonyl (C=O) groups excluding carboxylic acids is 1. The third kappa shape index (κ3) is 2.10. The Hall–Kier alpha value is -2.46. The van der Waals surface area contributed by atoms with Crippen LogP contribution in [0.4, 0.5) is 0 Å². The maximum Gasteiger partial charge on any atom is 0.268 e. The van der Waals surface area contributed by atoms with Gasteiger partial charge in [0.25, 0.3) is 11.5 Å². The van der Waals surface area contributed by atoms with Crippen molar-refractivity contribution in [2.75, 3.05) is 0 Å². The average Bonchev–Trinajstić information content (AvgIpc) is 2.48. The Labute approximate surface area is 119 Å². The highest BCUT2D eigenvalue weighted by Crippen LogP contribution is 2.11. The highest BCUT2D eigenvalue weighted by atomic mass is 35.5. The number of carbonyl (C=O) groups is 1. The minimum Gasteiger partial charge on any atom is -0.268 e. The summed E-state index contributed by atoms with van der Waals surface area (Å²) in [6, 6.07) is 13.3. The van der Waals surface area contributed by atoms with Crippen molar-refractivity contribution in [3.63, 3.8) is 0 Å². The standard InChI is InChI=1S/C15H9ClN2O2/c16-11-7-5-10(6-8-11)14(19)18-9-17-13-4-2-1-3-12(13)15(18)20/h1-9H. The van der Waals surface area contributed by atoms with Crippen LogP contribution in [0.3, 0.4) is 0 Å². The second kappa shape index (κ2) is 4.90. The molecule has 1 heterocycles. The summed E-state index contributed by atoms with van der Waals surface area (Å²) >= 11 is 5.78. The second-order valence-corrected chi connectivity index (χ2v) is 4.69. The zero-order chi connectivity index (χ0) is 14.1. The van der Waals surface area contributed by atoms with Crippen LogP contribution in [0.1, 0.15) is 10.4 Å². The molecule has 0 aliphatic heterocycles. The number of fused-ring (bicyclic) bond motifs is 1. The van der Waals surface area contributed by atoms with Gasteiger partial charge in [-0.25, -0.2) is 9.55 Å². The minimum absolute atomic E-state index is 0.379. The van der Waals surface area contributed by atoms with E-state index in [1.165, 1.54) is 6.33 Å². The molecule has 5 heteroatoms. The predicted molar refractivity (Wildman–Crippen MR) is 77.2 cm³/mol. The zero-order valence-electron chi connectivity index (χ0n) is 10.3. The van der Waals surface area contributed by atoms with Crippen LogP contribution >= 0.6 is 11.6 Å². The van der Waals surface area contributed by atoms with Crippen molar-refractivity contribution in [3.05, 3.63) is 75.8 Å². The van der Waals surface area contributed by atoms with Crippen LogP contribution in [0.25, 0.3) is 10.9 Å². The van der Waals surface area contributed by atoms with Gasteiger partial charge >= 0.3 is 0 Å². The topological polar surface area (TPSA) is 52.0 Å². The number of para-hydroxylation sites is 1. The van der Waals surface area contributed by atoms with E-state index in [9.17, 15) is 9.59 Å². The van der Waals surface area contributed by atoms with E-state index in [-0.39, 0.29) is 5.56 Å². The van der Waals surface area contributed by atoms with Crippen LogP contribution in [0.5, 0.6) is 0 Å². The first-order chi connectivity index (χ1) is 9.66. The molecule has 0 aliphatic rings. The van der Waals surface area contributed by atoms with Crippen molar-refractivity contribution < 1.29 is 4.79 Å². The molecular weight excluding hydrogens is 276 g/mol. The van der Waals surface area contributed by atoms with Crippen molar-refractivity contribution >= 4 is 28.4 Å². The summed E-state index contributed by atoms with van der Waals surface area (Å²) in [6.07, 6.45) is 1.25. The van der Waals surface area contributed by atoms with Crippen LogP contribution in [0, 0.1) is 0 Å². The first-order valence-corrected chi connectivity index (χ1v) is 6.31. The molecule has 3 aromatic rings. The van der Waals surface area contributed by atoms with Crippen molar-refractivity contribution in [2.24, 2.45) is 0 Å². The van der Waals surface area contributed by atoms with Gasteiger partial charge in [0, 0.05) is 10.6 Å². The summed E-state index contributed by atoms with van der Waals surface area (Å²) in [5, 5.41) is 0.947. The molecule has 1 aromatic heterocycles. The molecule has 0 atom stereocenters. The monoisotopic (exact) mass is 284 g/mol. The maximum absolute atomic E-state index is 12.3. The van der Waals surface area contributed by atoms with Crippen LogP contribution in [0.2, 0.25) is 5.02 Å². The van der Waals surface area contributed by atoms with Gasteiger partial charge < -0.3 is 0 Å². The number of hydrogen-bond donors (Lipinski definition) is 0. The number of hydrogen-bond acceptors (Lipinski definition) is 3. The van der Waals surface area contributed by atoms with Crippen LogP contribution in [-0.2, 0) is 0 Å². The highest BCUT2D eigenvalue weighted by Gasteiger charge is 2.12. The lowest BCUT2D eigenvalue weighted by molar-refractivity contribution is 0.0955. The molecule has 0 radical (unpaired) electrons. The lowest BCUT2D eigenvalue weighted by atomic mass is 10.2. The lowest BCUT2D eigenvalue weighted by Crippen LogP contribution is -2.27. The summed E-state index contributed by atoms with van der Waals surface area (Å²) in [5.41, 5.74) is 0.571. The minimum atomic E-state index is -0.426. The number of nitrogens with zero attached hydrogens (tertiary/aromatic N) is 2. The fraction of sp³-hybridized carbons (Fsp3) is 0. The van der Waals surface area contributed by atoms with E-state index in [0.717, 1.165) is 4.57 Å². The molecule has 0 bridgehead atoms.